The molecule has 0 aromatic carbocycles. The van der Waals surface area contributed by atoms with Crippen molar-refractivity contribution in [2.75, 3.05) is 19.6 Å². The lowest BCUT2D eigenvalue weighted by atomic mass is 10.1. The van der Waals surface area contributed by atoms with Gasteiger partial charge in [-0.05, 0) is 25.8 Å². The first-order chi connectivity index (χ1) is 8.90. The van der Waals surface area contributed by atoms with Gasteiger partial charge in [-0.2, -0.15) is 13.2 Å². The lowest BCUT2D eigenvalue weighted by Crippen LogP contribution is -2.39. The van der Waals surface area contributed by atoms with E-state index in [0.717, 1.165) is 30.6 Å². The van der Waals surface area contributed by atoms with Crippen LogP contribution in [0.5, 0.6) is 0 Å². The Balaban J connectivity index is 4.07. The molecule has 0 aromatic rings. The maximum Gasteiger partial charge on any atom is 0.406 e. The van der Waals surface area contributed by atoms with Crippen LogP contribution in [0.4, 0.5) is 13.2 Å². The number of halogens is 3. The van der Waals surface area contributed by atoms with Crippen LogP contribution in [0, 0.1) is 0 Å². The number of alkyl halides is 3. The first kappa shape index (κ1) is 18.2. The number of rotatable bonds is 10. The van der Waals surface area contributed by atoms with E-state index in [9.17, 15) is 18.0 Å². The van der Waals surface area contributed by atoms with Crippen LogP contribution < -0.4 is 5.73 Å². The number of carbonyl (C=O) groups is 1. The van der Waals surface area contributed by atoms with Gasteiger partial charge < -0.3 is 10.6 Å². The predicted molar refractivity (Wildman–Crippen MR) is 69.7 cm³/mol. The maximum absolute atomic E-state index is 12.4. The number of nitrogens with two attached hydrogens (primary N) is 1. The van der Waals surface area contributed by atoms with Crippen molar-refractivity contribution in [2.45, 2.75) is 58.0 Å². The third kappa shape index (κ3) is 10.8. The monoisotopic (exact) mass is 282 g/mol. The fourth-order valence-corrected chi connectivity index (χ4v) is 1.79. The van der Waals surface area contributed by atoms with E-state index < -0.39 is 18.6 Å². The lowest BCUT2D eigenvalue weighted by Gasteiger charge is -2.23. The molecule has 0 aliphatic heterocycles. The van der Waals surface area contributed by atoms with Gasteiger partial charge in [-0.25, -0.2) is 0 Å². The van der Waals surface area contributed by atoms with E-state index in [2.05, 4.69) is 0 Å². The molecule has 0 fully saturated rings. The standard InChI is InChI=1S/C13H25F3N2O/c1-2-3-10-18(11-13(14,15)16)12(19)8-6-4-5-7-9-17/h2-11,17H2,1H3. The van der Waals surface area contributed by atoms with Gasteiger partial charge in [-0.3, -0.25) is 4.79 Å². The summed E-state index contributed by atoms with van der Waals surface area (Å²) in [6.07, 6.45) is 0.574. The Hall–Kier alpha value is -0.780. The Kier molecular flexibility index (Phi) is 9.65. The maximum atomic E-state index is 12.4. The van der Waals surface area contributed by atoms with Crippen molar-refractivity contribution in [1.82, 2.24) is 4.90 Å². The second kappa shape index (κ2) is 10.1. The van der Waals surface area contributed by atoms with Crippen molar-refractivity contribution in [3.05, 3.63) is 0 Å². The topological polar surface area (TPSA) is 46.3 Å². The summed E-state index contributed by atoms with van der Waals surface area (Å²) in [5.74, 6) is -0.390. The highest BCUT2D eigenvalue weighted by Crippen LogP contribution is 2.18. The van der Waals surface area contributed by atoms with Crippen molar-refractivity contribution < 1.29 is 18.0 Å². The molecule has 3 nitrogen and oxygen atoms in total. The summed E-state index contributed by atoms with van der Waals surface area (Å²) in [6, 6.07) is 0. The first-order valence-electron chi connectivity index (χ1n) is 6.95. The zero-order valence-corrected chi connectivity index (χ0v) is 11.6. The average Bonchev–Trinajstić information content (AvgIpc) is 2.32. The minimum atomic E-state index is -4.32. The Morgan fingerprint density at radius 2 is 1.74 bits per heavy atom. The van der Waals surface area contributed by atoms with Crippen molar-refractivity contribution in [2.24, 2.45) is 5.73 Å². The summed E-state index contributed by atoms with van der Waals surface area (Å²) in [5, 5.41) is 0. The summed E-state index contributed by atoms with van der Waals surface area (Å²) in [4.78, 5) is 12.7. The summed E-state index contributed by atoms with van der Waals surface area (Å²) in [7, 11) is 0. The van der Waals surface area contributed by atoms with Gasteiger partial charge in [-0.15, -0.1) is 0 Å². The molecule has 2 N–H and O–H groups in total. The number of unbranched alkanes of at least 4 members (excludes halogenated alkanes) is 4. The molecule has 114 valence electrons. The summed E-state index contributed by atoms with van der Waals surface area (Å²) >= 11 is 0. The highest BCUT2D eigenvalue weighted by Gasteiger charge is 2.32. The largest absolute Gasteiger partial charge is 0.406 e. The van der Waals surface area contributed by atoms with Gasteiger partial charge in [0.1, 0.15) is 6.54 Å². The van der Waals surface area contributed by atoms with Crippen LogP contribution in [0.15, 0.2) is 0 Å². The molecule has 6 heteroatoms. The summed E-state index contributed by atoms with van der Waals surface area (Å²) < 4.78 is 37.1. The summed E-state index contributed by atoms with van der Waals surface area (Å²) in [6.45, 7) is 1.57. The van der Waals surface area contributed by atoms with Crippen LogP contribution in [-0.4, -0.2) is 36.6 Å². The molecule has 0 heterocycles. The molecule has 0 aliphatic carbocycles. The fourth-order valence-electron chi connectivity index (χ4n) is 1.79. The quantitative estimate of drug-likeness (QED) is 0.626. The number of amides is 1. The Morgan fingerprint density at radius 3 is 2.26 bits per heavy atom. The van der Waals surface area contributed by atoms with Crippen LogP contribution >= 0.6 is 0 Å². The molecule has 0 rings (SSSR count). The second-order valence-corrected chi connectivity index (χ2v) is 4.74. The van der Waals surface area contributed by atoms with Crippen molar-refractivity contribution >= 4 is 5.91 Å². The smallest absolute Gasteiger partial charge is 0.334 e. The van der Waals surface area contributed by atoms with Gasteiger partial charge in [0, 0.05) is 13.0 Å². The minimum absolute atomic E-state index is 0.192. The molecule has 19 heavy (non-hydrogen) atoms. The normalized spacial score (nSPS) is 11.6. The molecule has 0 spiro atoms. The third-order valence-electron chi connectivity index (χ3n) is 2.85. The van der Waals surface area contributed by atoms with Crippen molar-refractivity contribution in [1.29, 1.82) is 0 Å². The highest BCUT2D eigenvalue weighted by atomic mass is 19.4. The first-order valence-corrected chi connectivity index (χ1v) is 6.95. The molecule has 0 aromatic heterocycles. The van der Waals surface area contributed by atoms with E-state index in [1.165, 1.54) is 0 Å². The number of hydrogen-bond acceptors (Lipinski definition) is 2. The molecule has 0 aliphatic rings. The molecular weight excluding hydrogens is 257 g/mol. The van der Waals surface area contributed by atoms with E-state index in [0.29, 0.717) is 19.4 Å². The molecule has 0 atom stereocenters. The van der Waals surface area contributed by atoms with Crippen molar-refractivity contribution in [3.63, 3.8) is 0 Å². The summed E-state index contributed by atoms with van der Waals surface area (Å²) in [5.41, 5.74) is 5.34. The van der Waals surface area contributed by atoms with E-state index >= 15 is 0 Å². The number of nitrogens with zero attached hydrogens (tertiary/aromatic N) is 1. The van der Waals surface area contributed by atoms with Gasteiger partial charge in [0.25, 0.3) is 0 Å². The van der Waals surface area contributed by atoms with Gasteiger partial charge in [-0.1, -0.05) is 26.2 Å². The zero-order valence-electron chi connectivity index (χ0n) is 11.6. The van der Waals surface area contributed by atoms with Gasteiger partial charge in [0.15, 0.2) is 0 Å². The number of carbonyl (C=O) groups excluding carboxylic acids is 1. The van der Waals surface area contributed by atoms with Crippen molar-refractivity contribution in [3.8, 4) is 0 Å². The minimum Gasteiger partial charge on any atom is -0.334 e. The third-order valence-corrected chi connectivity index (χ3v) is 2.85. The van der Waals surface area contributed by atoms with Gasteiger partial charge >= 0.3 is 6.18 Å². The fraction of sp³-hybridized carbons (Fsp3) is 0.923. The number of hydrogen-bond donors (Lipinski definition) is 1. The SMILES string of the molecule is CCCCN(CC(F)(F)F)C(=O)CCCCCCN. The van der Waals surface area contributed by atoms with E-state index in [-0.39, 0.29) is 13.0 Å². The Labute approximate surface area is 113 Å². The zero-order chi connectivity index (χ0) is 14.7. The van der Waals surface area contributed by atoms with Crippen LogP contribution in [0.1, 0.15) is 51.9 Å². The van der Waals surface area contributed by atoms with E-state index in [4.69, 9.17) is 5.73 Å². The van der Waals surface area contributed by atoms with Crippen LogP contribution in [-0.2, 0) is 4.79 Å². The van der Waals surface area contributed by atoms with Gasteiger partial charge in [0.2, 0.25) is 5.91 Å². The molecule has 0 unspecified atom stereocenters. The highest BCUT2D eigenvalue weighted by molar-refractivity contribution is 5.76. The lowest BCUT2D eigenvalue weighted by molar-refractivity contribution is -0.161. The Morgan fingerprint density at radius 1 is 1.11 bits per heavy atom. The van der Waals surface area contributed by atoms with E-state index in [1.54, 1.807) is 0 Å². The molecule has 0 bridgehead atoms. The second-order valence-electron chi connectivity index (χ2n) is 4.74. The predicted octanol–water partition coefficient (Wildman–Crippen LogP) is 3.09. The van der Waals surface area contributed by atoms with E-state index in [1.807, 2.05) is 6.92 Å². The molecule has 0 saturated heterocycles. The van der Waals surface area contributed by atoms with Crippen LogP contribution in [0.2, 0.25) is 0 Å². The average molecular weight is 282 g/mol. The molecule has 1 amide bonds. The van der Waals surface area contributed by atoms with Crippen LogP contribution in [0.25, 0.3) is 0 Å². The Bertz CT molecular complexity index is 245. The molecule has 0 radical (unpaired) electrons. The van der Waals surface area contributed by atoms with Crippen LogP contribution in [0.3, 0.4) is 0 Å². The molecule has 0 saturated carbocycles. The van der Waals surface area contributed by atoms with Gasteiger partial charge in [0.05, 0.1) is 0 Å². The molecular formula is C13H25F3N2O.